The molecule has 0 bridgehead atoms. The number of hydrogen-bond donors (Lipinski definition) is 0. The molecular weight excluding hydrogens is 296 g/mol. The summed E-state index contributed by atoms with van der Waals surface area (Å²) in [4.78, 5) is 11.5. The van der Waals surface area contributed by atoms with Gasteiger partial charge in [0.2, 0.25) is 0 Å². The van der Waals surface area contributed by atoms with E-state index in [2.05, 4.69) is 15.9 Å². The van der Waals surface area contributed by atoms with Crippen molar-refractivity contribution in [1.29, 1.82) is 0 Å². The van der Waals surface area contributed by atoms with Crippen LogP contribution in [0.3, 0.4) is 0 Å². The van der Waals surface area contributed by atoms with E-state index in [1.807, 2.05) is 0 Å². The highest BCUT2D eigenvalue weighted by Gasteiger charge is 2.13. The molecule has 0 radical (unpaired) electrons. The number of alkyl halides is 1. The predicted molar refractivity (Wildman–Crippen MR) is 63.4 cm³/mol. The van der Waals surface area contributed by atoms with Crippen LogP contribution in [0.25, 0.3) is 0 Å². The zero-order chi connectivity index (χ0) is 12.2. The van der Waals surface area contributed by atoms with Crippen molar-refractivity contribution in [2.45, 2.75) is 11.8 Å². The minimum Gasteiger partial charge on any atom is -0.462 e. The summed E-state index contributed by atoms with van der Waals surface area (Å²) in [5.41, 5.74) is 0.343. The minimum absolute atomic E-state index is 0.140. The summed E-state index contributed by atoms with van der Waals surface area (Å²) in [6.45, 7) is 2.00. The van der Waals surface area contributed by atoms with Crippen LogP contribution in [0.1, 0.15) is 17.3 Å². The number of sulfone groups is 1. The molecule has 4 nitrogen and oxygen atoms in total. The third-order valence-electron chi connectivity index (χ3n) is 1.87. The van der Waals surface area contributed by atoms with Crippen LogP contribution in [0.5, 0.6) is 0 Å². The van der Waals surface area contributed by atoms with E-state index in [4.69, 9.17) is 4.74 Å². The van der Waals surface area contributed by atoms with Crippen LogP contribution in [0.15, 0.2) is 29.2 Å². The van der Waals surface area contributed by atoms with Crippen molar-refractivity contribution in [1.82, 2.24) is 0 Å². The Hall–Kier alpha value is -0.880. The molecule has 0 spiro atoms. The predicted octanol–water partition coefficient (Wildman–Crippen LogP) is 1.99. The molecule has 0 heterocycles. The fourth-order valence-electron chi connectivity index (χ4n) is 1.08. The Morgan fingerprint density at radius 2 is 1.88 bits per heavy atom. The maximum absolute atomic E-state index is 11.4. The molecule has 1 aromatic carbocycles. The van der Waals surface area contributed by atoms with Crippen LogP contribution < -0.4 is 0 Å². The number of ether oxygens (including phenoxy) is 1. The zero-order valence-electron chi connectivity index (χ0n) is 8.64. The average molecular weight is 307 g/mol. The lowest BCUT2D eigenvalue weighted by Crippen LogP contribution is -2.06. The van der Waals surface area contributed by atoms with E-state index in [-0.39, 0.29) is 9.56 Å². The Balaban J connectivity index is 2.96. The number of rotatable bonds is 4. The number of hydrogen-bond acceptors (Lipinski definition) is 4. The lowest BCUT2D eigenvalue weighted by Gasteiger charge is -2.03. The lowest BCUT2D eigenvalue weighted by atomic mass is 10.2. The van der Waals surface area contributed by atoms with Gasteiger partial charge in [0.15, 0.2) is 9.84 Å². The standard InChI is InChI=1S/C10H11BrO4S/c1-2-15-10(12)8-3-5-9(6-4-8)16(13,14)7-11/h3-6H,2,7H2,1H3. The maximum atomic E-state index is 11.4. The summed E-state index contributed by atoms with van der Waals surface area (Å²) in [6.07, 6.45) is 0. The van der Waals surface area contributed by atoms with Gasteiger partial charge < -0.3 is 4.74 Å². The van der Waals surface area contributed by atoms with Crippen molar-refractivity contribution < 1.29 is 17.9 Å². The van der Waals surface area contributed by atoms with Crippen LogP contribution in [0, 0.1) is 0 Å². The minimum atomic E-state index is -3.29. The van der Waals surface area contributed by atoms with Crippen LogP contribution in [0.4, 0.5) is 0 Å². The van der Waals surface area contributed by atoms with Crippen molar-refractivity contribution in [2.24, 2.45) is 0 Å². The third-order valence-corrected chi connectivity index (χ3v) is 4.95. The second-order valence-electron chi connectivity index (χ2n) is 2.97. The monoisotopic (exact) mass is 306 g/mol. The van der Waals surface area contributed by atoms with Crippen molar-refractivity contribution in [2.75, 3.05) is 11.3 Å². The van der Waals surface area contributed by atoms with Crippen molar-refractivity contribution in [3.8, 4) is 0 Å². The summed E-state index contributed by atoms with van der Waals surface area (Å²) >= 11 is 2.90. The number of esters is 1. The SMILES string of the molecule is CCOC(=O)c1ccc(S(=O)(=O)CBr)cc1. The molecule has 16 heavy (non-hydrogen) atoms. The van der Waals surface area contributed by atoms with Crippen LogP contribution in [-0.2, 0) is 14.6 Å². The molecule has 0 aliphatic heterocycles. The van der Waals surface area contributed by atoms with Gasteiger partial charge in [0.25, 0.3) is 0 Å². The van der Waals surface area contributed by atoms with Crippen molar-refractivity contribution in [3.63, 3.8) is 0 Å². The molecule has 0 fully saturated rings. The highest BCUT2D eigenvalue weighted by atomic mass is 79.9. The second kappa shape index (κ2) is 5.45. The number of carbonyl (C=O) groups is 1. The Morgan fingerprint density at radius 1 is 1.31 bits per heavy atom. The van der Waals surface area contributed by atoms with Gasteiger partial charge in [0.1, 0.15) is 4.66 Å². The first-order valence-corrected chi connectivity index (χ1v) is 7.34. The van der Waals surface area contributed by atoms with Crippen LogP contribution in [-0.4, -0.2) is 25.7 Å². The van der Waals surface area contributed by atoms with Gasteiger partial charge in [-0.1, -0.05) is 15.9 Å². The normalized spacial score (nSPS) is 11.1. The largest absolute Gasteiger partial charge is 0.462 e. The van der Waals surface area contributed by atoms with Crippen molar-refractivity contribution in [3.05, 3.63) is 29.8 Å². The number of halogens is 1. The summed E-state index contributed by atoms with van der Waals surface area (Å²) in [5.74, 6) is -0.453. The maximum Gasteiger partial charge on any atom is 0.338 e. The highest BCUT2D eigenvalue weighted by Crippen LogP contribution is 2.14. The van der Waals surface area contributed by atoms with Gasteiger partial charge >= 0.3 is 5.97 Å². The van der Waals surface area contributed by atoms with E-state index >= 15 is 0 Å². The summed E-state index contributed by atoms with van der Waals surface area (Å²) in [7, 11) is -3.29. The molecule has 6 heteroatoms. The first kappa shape index (κ1) is 13.2. The van der Waals surface area contributed by atoms with Crippen molar-refractivity contribution >= 4 is 31.7 Å². The molecule has 0 saturated carbocycles. The first-order chi connectivity index (χ1) is 7.51. The number of carbonyl (C=O) groups excluding carboxylic acids is 1. The van der Waals surface area contributed by atoms with Gasteiger partial charge in [-0.3, -0.25) is 0 Å². The topological polar surface area (TPSA) is 60.4 Å². The first-order valence-electron chi connectivity index (χ1n) is 4.57. The lowest BCUT2D eigenvalue weighted by molar-refractivity contribution is 0.0526. The molecule has 1 rings (SSSR count). The Labute approximate surface area is 103 Å². The molecule has 0 aliphatic rings. The molecule has 0 atom stereocenters. The van der Waals surface area contributed by atoms with Crippen LogP contribution in [0.2, 0.25) is 0 Å². The molecule has 1 aromatic rings. The quantitative estimate of drug-likeness (QED) is 0.630. The van der Waals surface area contributed by atoms with E-state index in [0.717, 1.165) is 0 Å². The fraction of sp³-hybridized carbons (Fsp3) is 0.300. The van der Waals surface area contributed by atoms with Gasteiger partial charge in [0, 0.05) is 0 Å². The van der Waals surface area contributed by atoms with E-state index < -0.39 is 15.8 Å². The van der Waals surface area contributed by atoms with E-state index in [1.54, 1.807) is 6.92 Å². The Bertz CT molecular complexity index is 464. The van der Waals surface area contributed by atoms with E-state index in [0.29, 0.717) is 12.2 Å². The van der Waals surface area contributed by atoms with E-state index in [1.165, 1.54) is 24.3 Å². The van der Waals surface area contributed by atoms with E-state index in [9.17, 15) is 13.2 Å². The Morgan fingerprint density at radius 3 is 2.31 bits per heavy atom. The van der Waals surface area contributed by atoms with Gasteiger partial charge in [-0.15, -0.1) is 0 Å². The third kappa shape index (κ3) is 3.05. The smallest absolute Gasteiger partial charge is 0.338 e. The molecule has 0 saturated heterocycles. The highest BCUT2D eigenvalue weighted by molar-refractivity contribution is 9.10. The molecule has 88 valence electrons. The summed E-state index contributed by atoms with van der Waals surface area (Å²) < 4.78 is 27.5. The van der Waals surface area contributed by atoms with Crippen LogP contribution >= 0.6 is 15.9 Å². The molecular formula is C10H11BrO4S. The number of benzene rings is 1. The average Bonchev–Trinajstić information content (AvgIpc) is 2.29. The second-order valence-corrected chi connectivity index (χ2v) is 6.26. The summed E-state index contributed by atoms with van der Waals surface area (Å²) in [5, 5.41) is 0. The van der Waals surface area contributed by atoms with Gasteiger partial charge in [-0.2, -0.15) is 0 Å². The zero-order valence-corrected chi connectivity index (χ0v) is 11.0. The molecule has 0 unspecified atom stereocenters. The fourth-order valence-corrected chi connectivity index (χ4v) is 2.55. The molecule has 0 aliphatic carbocycles. The van der Waals surface area contributed by atoms with Gasteiger partial charge in [-0.05, 0) is 31.2 Å². The van der Waals surface area contributed by atoms with Gasteiger partial charge in [-0.25, -0.2) is 13.2 Å². The molecule has 0 amide bonds. The Kier molecular flexibility index (Phi) is 4.49. The van der Waals surface area contributed by atoms with Gasteiger partial charge in [0.05, 0.1) is 17.1 Å². The summed E-state index contributed by atoms with van der Waals surface area (Å²) in [6, 6.07) is 5.66. The molecule has 0 aromatic heterocycles. The molecule has 0 N–H and O–H groups in total.